The quantitative estimate of drug-likeness (QED) is 0.0422. The molecule has 3 N–H and O–H groups in total. The summed E-state index contributed by atoms with van der Waals surface area (Å²) in [5.41, 5.74) is 4.92. The Morgan fingerprint density at radius 3 is 1.41 bits per heavy atom. The number of rotatable bonds is 8. The number of carboxylic acids is 1. The van der Waals surface area contributed by atoms with Gasteiger partial charge in [0.05, 0.1) is 68.5 Å². The fourth-order valence-electron chi connectivity index (χ4n) is 13.5. The first-order chi connectivity index (χ1) is 52.8. The summed E-state index contributed by atoms with van der Waals surface area (Å²) in [6.45, 7) is 32.3. The molecule has 7 aliphatic rings. The maximum Gasteiger partial charge on any atom is 0.534 e. The van der Waals surface area contributed by atoms with Crippen LogP contribution in [0.3, 0.4) is 0 Å². The Hall–Kier alpha value is -5.49. The van der Waals surface area contributed by atoms with E-state index in [-0.39, 0.29) is 49.2 Å². The maximum atomic E-state index is 12.9. The third-order valence-corrected chi connectivity index (χ3v) is 26.9. The third-order valence-electron chi connectivity index (χ3n) is 20.9. The summed E-state index contributed by atoms with van der Waals surface area (Å²) in [6.07, 6.45) is 12.2. The van der Waals surface area contributed by atoms with Crippen molar-refractivity contribution in [3.05, 3.63) is 120 Å². The number of hydrogen-bond donors (Lipinski definition) is 3. The summed E-state index contributed by atoms with van der Waals surface area (Å²) >= 11 is 16.4. The van der Waals surface area contributed by atoms with Gasteiger partial charge in [0.25, 0.3) is 0 Å². The number of allylic oxidation sites excluding steroid dienone is 2. The zero-order valence-electron chi connectivity index (χ0n) is 67.9. The number of hydrogen-bond acceptors (Lipinski definition) is 22. The average Bonchev–Trinajstić information content (AvgIpc) is 1.55. The Bertz CT molecular complexity index is 4560. The van der Waals surface area contributed by atoms with E-state index >= 15 is 0 Å². The van der Waals surface area contributed by atoms with E-state index in [0.29, 0.717) is 35.9 Å². The minimum atomic E-state index is -5.84. The Morgan fingerprint density at radius 1 is 0.584 bits per heavy atom. The molecule has 0 radical (unpaired) electrons. The first-order valence-corrected chi connectivity index (χ1v) is 44.5. The van der Waals surface area contributed by atoms with Gasteiger partial charge in [-0.2, -0.15) is 21.6 Å². The molecule has 0 aliphatic carbocycles. The van der Waals surface area contributed by atoms with E-state index < -0.39 is 44.8 Å². The Balaban J connectivity index is 0.000000162. The number of nitrogens with zero attached hydrogens (tertiary/aromatic N) is 9. The number of carboxylic acid groups (broad SMARTS) is 1. The van der Waals surface area contributed by atoms with Crippen LogP contribution in [0.15, 0.2) is 105 Å². The standard InChI is InChI=1S/C24H33N3O2S.C19H27BN2O2S.C13H15BrN2S.C12H18F3NO5S.C7H13NO2.C6H6BrNS/c1-16-6-8-20(27(15-16)23(28)29-24(2,3)4)18-7-9-21-19(14-18)25-22(30-21)17-10-12-26(5)13-11-17;1-18(2)19(3,4)24-20(23-18)14-6-7-16-15(12-14)21-17(25-16)13-8-10-22(5)11-9-13;1-16-6-4-9(5-7-16)13-15-11-8-10(14)2-3-12(11)17-13;1-8-5-6-9(21-22(18,19)12(13,14)15)16(7-8)10(17)20-11(2,3)4;1-8-4-2-6(3-5-8)7(9)10;7-4-1-2-6(9)5(8)3-4/h7-9,14,16-17H,6,10-13,15H2,1-5H3;6-7,12-13H,8-11H2,1-5H3;2-3,8-9H,4-7H2,1H3;6,8H,5,7H2,1-4H3;6H,2-5H2,1H3,(H,9,10);1-3,9H,8H2/t16-;;;8-;;/m0..0../s1. The molecule has 5 saturated heterocycles. The summed E-state index contributed by atoms with van der Waals surface area (Å²) in [6, 6.07) is 24.8. The number of carbonyl (C=O) groups excluding carboxylic acids is 2. The van der Waals surface area contributed by atoms with Gasteiger partial charge in [0, 0.05) is 55.9 Å². The number of amides is 2. The lowest BCUT2D eigenvalue weighted by Crippen LogP contribution is -2.42. The van der Waals surface area contributed by atoms with Crippen molar-refractivity contribution in [3.8, 4) is 0 Å². The lowest BCUT2D eigenvalue weighted by Gasteiger charge is -2.33. The molecule has 7 aliphatic heterocycles. The molecule has 0 unspecified atom stereocenters. The number of aromatic nitrogens is 3. The molecule has 0 spiro atoms. The van der Waals surface area contributed by atoms with Crippen molar-refractivity contribution >= 4 is 161 Å². The molecule has 5 fully saturated rings. The van der Waals surface area contributed by atoms with Gasteiger partial charge in [0.15, 0.2) is 0 Å². The van der Waals surface area contributed by atoms with Crippen LogP contribution in [0.2, 0.25) is 0 Å². The van der Waals surface area contributed by atoms with Crippen LogP contribution in [-0.4, -0.2) is 205 Å². The first kappa shape index (κ1) is 91.4. The monoisotopic (exact) mass is 1790 g/mol. The molecular weight excluding hydrogens is 1680 g/mol. The number of anilines is 1. The number of carbonyl (C=O) groups is 3. The van der Waals surface area contributed by atoms with Crippen molar-refractivity contribution < 1.29 is 64.0 Å². The highest BCUT2D eigenvalue weighted by Gasteiger charge is 2.52. The second kappa shape index (κ2) is 38.9. The van der Waals surface area contributed by atoms with Gasteiger partial charge in [-0.25, -0.2) is 29.4 Å². The highest BCUT2D eigenvalue weighted by atomic mass is 79.9. The molecule has 21 nitrogen and oxygen atoms in total. The summed E-state index contributed by atoms with van der Waals surface area (Å²) < 4.78 is 92.4. The van der Waals surface area contributed by atoms with Gasteiger partial charge in [0.1, 0.15) is 11.2 Å². The number of benzene rings is 4. The molecule has 2 atom stereocenters. The fraction of sp³-hybridized carbons (Fsp3) is 0.580. The third kappa shape index (κ3) is 26.0. The average molecular weight is 1790 g/mol. The van der Waals surface area contributed by atoms with Crippen LogP contribution < -0.4 is 11.2 Å². The van der Waals surface area contributed by atoms with Gasteiger partial charge in [-0.3, -0.25) is 9.69 Å². The van der Waals surface area contributed by atoms with Crippen LogP contribution in [-0.2, 0) is 37.9 Å². The Morgan fingerprint density at radius 2 is 0.973 bits per heavy atom. The molecule has 14 rings (SSSR count). The molecule has 113 heavy (non-hydrogen) atoms. The van der Waals surface area contributed by atoms with Crippen LogP contribution in [0.5, 0.6) is 0 Å². The van der Waals surface area contributed by atoms with Crippen molar-refractivity contribution in [3.63, 3.8) is 0 Å². The molecule has 620 valence electrons. The highest BCUT2D eigenvalue weighted by Crippen LogP contribution is 2.41. The van der Waals surface area contributed by atoms with E-state index in [1.807, 2.05) is 80.0 Å². The molecule has 2 amide bonds. The number of piperidine rings is 4. The van der Waals surface area contributed by atoms with E-state index in [9.17, 15) is 36.0 Å². The lowest BCUT2D eigenvalue weighted by atomic mass is 9.79. The number of nitrogens with two attached hydrogens (primary N) is 1. The van der Waals surface area contributed by atoms with Crippen LogP contribution in [0.25, 0.3) is 36.3 Å². The molecule has 3 aromatic heterocycles. The van der Waals surface area contributed by atoms with E-state index in [1.54, 1.807) is 32.6 Å². The number of thiol groups is 1. The minimum absolute atomic E-state index is 0.00583. The second-order valence-corrected chi connectivity index (χ2v) is 40.6. The zero-order chi connectivity index (χ0) is 82.9. The second-order valence-electron chi connectivity index (χ2n) is 33.6. The zero-order valence-corrected chi connectivity index (χ0v) is 75.2. The van der Waals surface area contributed by atoms with Crippen LogP contribution in [0, 0.1) is 17.8 Å². The van der Waals surface area contributed by atoms with Gasteiger partial charge in [0.2, 0.25) is 5.88 Å². The molecule has 10 heterocycles. The highest BCUT2D eigenvalue weighted by molar-refractivity contribution is 9.10. The SMILES string of the molecule is CN1CCC(C(=O)O)CC1.CN1CCC(c2nc3cc(B4OC(C)(C)C(C)(C)O4)ccc3s2)CC1.CN1CCC(c2nc3cc(Br)ccc3s2)CC1.C[C@H]1CC=C(OS(=O)(=O)C(F)(F)F)N(C(=O)OC(C)(C)C)C1.C[C@H]1CC=C(c2ccc3sc(C4CCN(C)CC4)nc3c2)N(C(=O)OC(C)(C)C)C1.Nc1cc(Br)ccc1S. The van der Waals surface area contributed by atoms with Gasteiger partial charge >= 0.3 is 40.9 Å². The smallest absolute Gasteiger partial charge is 0.481 e. The molecule has 0 saturated carbocycles. The van der Waals surface area contributed by atoms with Gasteiger partial charge in [-0.15, -0.1) is 46.6 Å². The van der Waals surface area contributed by atoms with Crippen molar-refractivity contribution in [2.45, 2.75) is 198 Å². The van der Waals surface area contributed by atoms with Crippen molar-refractivity contribution in [2.24, 2.45) is 17.8 Å². The fourth-order valence-corrected chi connectivity index (χ4v) is 18.2. The van der Waals surface area contributed by atoms with E-state index in [1.165, 1.54) is 93.8 Å². The Labute approximate surface area is 699 Å². The molecular formula is C81H112BBr2F3N10O11S5. The lowest BCUT2D eigenvalue weighted by molar-refractivity contribution is -0.143. The number of alkyl halides is 3. The summed E-state index contributed by atoms with van der Waals surface area (Å²) in [5, 5.41) is 12.5. The van der Waals surface area contributed by atoms with Crippen molar-refractivity contribution in [2.75, 3.05) is 99.4 Å². The maximum absolute atomic E-state index is 12.9. The van der Waals surface area contributed by atoms with Gasteiger partial charge in [-0.05, 0) is 298 Å². The summed E-state index contributed by atoms with van der Waals surface area (Å²) in [5.74, 6) is 0.772. The number of likely N-dealkylation sites (tertiary alicyclic amines) is 4. The summed E-state index contributed by atoms with van der Waals surface area (Å²) in [4.78, 5) is 62.8. The number of fused-ring (bicyclic) bond motifs is 3. The molecule has 32 heteroatoms. The van der Waals surface area contributed by atoms with Crippen LogP contribution >= 0.6 is 78.5 Å². The van der Waals surface area contributed by atoms with E-state index in [4.69, 9.17) is 44.6 Å². The number of aliphatic carboxylic acids is 1. The van der Waals surface area contributed by atoms with Gasteiger partial charge < -0.3 is 53.4 Å². The normalized spacial score (nSPS) is 20.7. The number of nitrogen functional groups attached to an aromatic ring is 1. The molecule has 0 bridgehead atoms. The number of halogens is 5. The molecule has 7 aromatic rings. The predicted octanol–water partition coefficient (Wildman–Crippen LogP) is 18.7. The van der Waals surface area contributed by atoms with Crippen molar-refractivity contribution in [1.29, 1.82) is 0 Å². The van der Waals surface area contributed by atoms with Crippen molar-refractivity contribution in [1.82, 2.24) is 44.4 Å². The van der Waals surface area contributed by atoms with Crippen LogP contribution in [0.1, 0.15) is 186 Å². The van der Waals surface area contributed by atoms with E-state index in [2.05, 4.69) is 185 Å². The number of thiazole rings is 3. The number of ether oxygens (including phenoxy) is 2. The topological polar surface area (TPSA) is 236 Å². The van der Waals surface area contributed by atoms with E-state index in [0.717, 1.165) is 104 Å². The Kier molecular flexibility index (Phi) is 31.5. The first-order valence-electron chi connectivity index (χ1n) is 38.7. The largest absolute Gasteiger partial charge is 0.534 e. The molecule has 4 aromatic carbocycles. The van der Waals surface area contributed by atoms with Crippen LogP contribution in [0.4, 0.5) is 28.4 Å². The minimum Gasteiger partial charge on any atom is -0.481 e. The van der Waals surface area contributed by atoms with Gasteiger partial charge in [-0.1, -0.05) is 63.9 Å². The summed E-state index contributed by atoms with van der Waals surface area (Å²) in [7, 11) is 2.46. The predicted molar refractivity (Wildman–Crippen MR) is 460 cm³/mol.